The SMILES string of the molecule is N#Cc1cccc(-c2ccc(=O)n(Cc3cccc(-c4ncc(OCC5(CN)CC5)cn4)c3)n2)c1. The molecular weight excluding hydrogens is 440 g/mol. The van der Waals surface area contributed by atoms with Crippen LogP contribution in [0.5, 0.6) is 5.75 Å². The maximum absolute atomic E-state index is 12.5. The molecule has 0 bridgehead atoms. The van der Waals surface area contributed by atoms with Gasteiger partial charge < -0.3 is 10.5 Å². The van der Waals surface area contributed by atoms with Crippen LogP contribution < -0.4 is 16.0 Å². The van der Waals surface area contributed by atoms with Gasteiger partial charge in [0.1, 0.15) is 0 Å². The van der Waals surface area contributed by atoms with Crippen LogP contribution in [0.2, 0.25) is 0 Å². The van der Waals surface area contributed by atoms with Crippen LogP contribution in [0, 0.1) is 16.7 Å². The third kappa shape index (κ3) is 5.10. The highest BCUT2D eigenvalue weighted by Crippen LogP contribution is 2.44. The Hall–Kier alpha value is -4.35. The number of nitriles is 1. The molecule has 8 heteroatoms. The fraction of sp³-hybridized carbons (Fsp3) is 0.222. The molecule has 1 saturated carbocycles. The van der Waals surface area contributed by atoms with E-state index in [1.807, 2.05) is 30.3 Å². The van der Waals surface area contributed by atoms with E-state index >= 15 is 0 Å². The molecule has 1 aliphatic rings. The first kappa shape index (κ1) is 22.4. The second-order valence-electron chi connectivity index (χ2n) is 8.84. The number of hydrogen-bond donors (Lipinski definition) is 1. The van der Waals surface area contributed by atoms with Crippen molar-refractivity contribution in [3.05, 3.63) is 94.5 Å². The molecule has 0 atom stereocenters. The van der Waals surface area contributed by atoms with Crippen molar-refractivity contribution in [2.24, 2.45) is 11.1 Å². The summed E-state index contributed by atoms with van der Waals surface area (Å²) in [4.78, 5) is 21.4. The van der Waals surface area contributed by atoms with Gasteiger partial charge in [0.25, 0.3) is 5.56 Å². The second-order valence-corrected chi connectivity index (χ2v) is 8.84. The molecule has 35 heavy (non-hydrogen) atoms. The van der Waals surface area contributed by atoms with Crippen molar-refractivity contribution in [2.45, 2.75) is 19.4 Å². The molecule has 2 aromatic heterocycles. The summed E-state index contributed by atoms with van der Waals surface area (Å²) in [7, 11) is 0. The Morgan fingerprint density at radius 2 is 1.80 bits per heavy atom. The summed E-state index contributed by atoms with van der Waals surface area (Å²) < 4.78 is 7.24. The number of nitrogens with two attached hydrogens (primary N) is 1. The molecule has 2 heterocycles. The predicted octanol–water partition coefficient (Wildman–Crippen LogP) is 3.40. The zero-order valence-electron chi connectivity index (χ0n) is 19.1. The molecule has 8 nitrogen and oxygen atoms in total. The molecule has 1 aliphatic carbocycles. The van der Waals surface area contributed by atoms with Crippen LogP contribution in [-0.4, -0.2) is 32.9 Å². The zero-order valence-corrected chi connectivity index (χ0v) is 19.1. The Morgan fingerprint density at radius 1 is 1.03 bits per heavy atom. The number of aromatic nitrogens is 4. The molecule has 174 valence electrons. The normalized spacial score (nSPS) is 13.7. The lowest BCUT2D eigenvalue weighted by molar-refractivity contribution is 0.237. The summed E-state index contributed by atoms with van der Waals surface area (Å²) >= 11 is 0. The minimum Gasteiger partial charge on any atom is -0.490 e. The molecule has 2 aromatic carbocycles. The first-order valence-electron chi connectivity index (χ1n) is 11.4. The van der Waals surface area contributed by atoms with Gasteiger partial charge in [-0.1, -0.05) is 30.3 Å². The van der Waals surface area contributed by atoms with Crippen LogP contribution in [0.3, 0.4) is 0 Å². The highest BCUT2D eigenvalue weighted by molar-refractivity contribution is 5.60. The fourth-order valence-electron chi connectivity index (χ4n) is 3.81. The molecule has 5 rings (SSSR count). The molecule has 4 aromatic rings. The maximum Gasteiger partial charge on any atom is 0.267 e. The van der Waals surface area contributed by atoms with Gasteiger partial charge in [0.15, 0.2) is 11.6 Å². The third-order valence-corrected chi connectivity index (χ3v) is 6.23. The lowest BCUT2D eigenvalue weighted by Gasteiger charge is -2.13. The van der Waals surface area contributed by atoms with E-state index in [1.165, 1.54) is 10.7 Å². The zero-order chi connectivity index (χ0) is 24.3. The van der Waals surface area contributed by atoms with Crippen molar-refractivity contribution in [3.8, 4) is 34.5 Å². The lowest BCUT2D eigenvalue weighted by Crippen LogP contribution is -2.23. The van der Waals surface area contributed by atoms with Crippen LogP contribution in [-0.2, 0) is 6.54 Å². The highest BCUT2D eigenvalue weighted by atomic mass is 16.5. The standard InChI is InChI=1S/C27H24N6O2/c28-13-19-3-1-5-21(11-19)24-7-8-25(34)33(32-24)16-20-4-2-6-22(12-20)26-30-14-23(15-31-26)35-18-27(17-29)9-10-27/h1-8,11-12,14-15H,9-10,16-18,29H2. The van der Waals surface area contributed by atoms with Crippen LogP contribution in [0.1, 0.15) is 24.0 Å². The van der Waals surface area contributed by atoms with Crippen LogP contribution in [0.15, 0.2) is 77.9 Å². The molecule has 0 radical (unpaired) electrons. The van der Waals surface area contributed by atoms with Crippen molar-refractivity contribution < 1.29 is 4.74 Å². The van der Waals surface area contributed by atoms with Gasteiger partial charge in [-0.15, -0.1) is 0 Å². The van der Waals surface area contributed by atoms with Crippen LogP contribution in [0.25, 0.3) is 22.6 Å². The van der Waals surface area contributed by atoms with Gasteiger partial charge in [-0.2, -0.15) is 10.4 Å². The summed E-state index contributed by atoms with van der Waals surface area (Å²) in [6, 6.07) is 20.1. The molecule has 0 unspecified atom stereocenters. The monoisotopic (exact) mass is 464 g/mol. The number of nitrogens with zero attached hydrogens (tertiary/aromatic N) is 5. The van der Waals surface area contributed by atoms with Gasteiger partial charge in [0, 0.05) is 29.2 Å². The molecule has 0 aliphatic heterocycles. The minimum atomic E-state index is -0.209. The summed E-state index contributed by atoms with van der Waals surface area (Å²) in [5, 5.41) is 13.7. The molecule has 2 N–H and O–H groups in total. The van der Waals surface area contributed by atoms with Crippen LogP contribution >= 0.6 is 0 Å². The van der Waals surface area contributed by atoms with Gasteiger partial charge in [-0.05, 0) is 42.7 Å². The van der Waals surface area contributed by atoms with E-state index in [1.54, 1.807) is 36.7 Å². The number of rotatable bonds is 8. The number of hydrogen-bond acceptors (Lipinski definition) is 7. The Balaban J connectivity index is 1.33. The number of benzene rings is 2. The largest absolute Gasteiger partial charge is 0.490 e. The average molecular weight is 465 g/mol. The van der Waals surface area contributed by atoms with Gasteiger partial charge >= 0.3 is 0 Å². The maximum atomic E-state index is 12.5. The Morgan fingerprint density at radius 3 is 2.54 bits per heavy atom. The lowest BCUT2D eigenvalue weighted by atomic mass is 10.1. The summed E-state index contributed by atoms with van der Waals surface area (Å²) in [5.74, 6) is 1.19. The van der Waals surface area contributed by atoms with Crippen molar-refractivity contribution in [1.29, 1.82) is 5.26 Å². The van der Waals surface area contributed by atoms with E-state index in [9.17, 15) is 4.79 Å². The first-order chi connectivity index (χ1) is 17.1. The van der Waals surface area contributed by atoms with Gasteiger partial charge in [0.2, 0.25) is 0 Å². The highest BCUT2D eigenvalue weighted by Gasteiger charge is 2.42. The van der Waals surface area contributed by atoms with E-state index in [-0.39, 0.29) is 11.0 Å². The Labute approximate surface area is 202 Å². The van der Waals surface area contributed by atoms with Gasteiger partial charge in [0.05, 0.1) is 42.9 Å². The molecule has 0 amide bonds. The summed E-state index contributed by atoms with van der Waals surface area (Å²) in [6.45, 7) is 1.51. The molecule has 0 saturated heterocycles. The van der Waals surface area contributed by atoms with E-state index in [4.69, 9.17) is 15.7 Å². The average Bonchev–Trinajstić information content (AvgIpc) is 3.70. The van der Waals surface area contributed by atoms with E-state index in [2.05, 4.69) is 21.1 Å². The van der Waals surface area contributed by atoms with Gasteiger partial charge in [-0.25, -0.2) is 14.6 Å². The first-order valence-corrected chi connectivity index (χ1v) is 11.4. The molecule has 1 fully saturated rings. The topological polar surface area (TPSA) is 120 Å². The van der Waals surface area contributed by atoms with E-state index in [0.29, 0.717) is 42.5 Å². The summed E-state index contributed by atoms with van der Waals surface area (Å²) in [5.41, 5.74) is 9.39. The van der Waals surface area contributed by atoms with Crippen LogP contribution in [0.4, 0.5) is 0 Å². The molecular formula is C27H24N6O2. The second kappa shape index (κ2) is 9.49. The molecule has 0 spiro atoms. The summed E-state index contributed by atoms with van der Waals surface area (Å²) in [6.07, 6.45) is 5.55. The predicted molar refractivity (Wildman–Crippen MR) is 131 cm³/mol. The minimum absolute atomic E-state index is 0.120. The van der Waals surface area contributed by atoms with Crippen molar-refractivity contribution >= 4 is 0 Å². The quantitative estimate of drug-likeness (QED) is 0.424. The van der Waals surface area contributed by atoms with Crippen molar-refractivity contribution in [2.75, 3.05) is 13.2 Å². The fourth-order valence-corrected chi connectivity index (χ4v) is 3.81. The Kier molecular flexibility index (Phi) is 6.08. The van der Waals surface area contributed by atoms with Gasteiger partial charge in [-0.3, -0.25) is 4.79 Å². The Bertz CT molecular complexity index is 1450. The third-order valence-electron chi connectivity index (χ3n) is 6.23. The van der Waals surface area contributed by atoms with Crippen molar-refractivity contribution in [1.82, 2.24) is 19.7 Å². The van der Waals surface area contributed by atoms with Crippen molar-refractivity contribution in [3.63, 3.8) is 0 Å². The smallest absolute Gasteiger partial charge is 0.267 e. The van der Waals surface area contributed by atoms with E-state index in [0.717, 1.165) is 29.5 Å². The van der Waals surface area contributed by atoms with E-state index < -0.39 is 0 Å². The number of ether oxygens (including phenoxy) is 1.